The van der Waals surface area contributed by atoms with Crippen LogP contribution in [0.3, 0.4) is 0 Å². The molecule has 0 aromatic rings. The van der Waals surface area contributed by atoms with Crippen LogP contribution in [0.15, 0.2) is 0 Å². The molecule has 0 aromatic carbocycles. The second-order valence-corrected chi connectivity index (χ2v) is 3.34. The van der Waals surface area contributed by atoms with E-state index >= 15 is 0 Å². The fraction of sp³-hybridized carbons (Fsp3) is 1.00. The molecule has 0 saturated carbocycles. The highest BCUT2D eigenvalue weighted by atomic mass is 32.1. The average Bonchev–Trinajstić information content (AvgIpc) is 1.31. The lowest BCUT2D eigenvalue weighted by Crippen LogP contribution is -2.31. The first-order valence-electron chi connectivity index (χ1n) is 2.32. The Labute approximate surface area is 51.1 Å². The van der Waals surface area contributed by atoms with Crippen LogP contribution in [0.25, 0.3) is 0 Å². The van der Waals surface area contributed by atoms with Crippen molar-refractivity contribution in [3.8, 4) is 0 Å². The number of hydrogen-bond donors (Lipinski definition) is 0. The zero-order chi connectivity index (χ0) is 6.08. The molecule has 0 amide bonds. The summed E-state index contributed by atoms with van der Waals surface area (Å²) in [6, 6.07) is 0. The van der Waals surface area contributed by atoms with Crippen LogP contribution in [0.1, 0.15) is 13.8 Å². The molecule has 0 atom stereocenters. The highest BCUT2D eigenvalue weighted by Crippen LogP contribution is 2.12. The summed E-state index contributed by atoms with van der Waals surface area (Å²) in [4.78, 5) is 1.92. The Balaban J connectivity index is 3.54. The summed E-state index contributed by atoms with van der Waals surface area (Å²) in [5, 5.41) is 0. The summed E-state index contributed by atoms with van der Waals surface area (Å²) in [5.41, 5.74) is 0. The van der Waals surface area contributed by atoms with Gasteiger partial charge in [0.05, 0.1) is 4.87 Å². The lowest BCUT2D eigenvalue weighted by Gasteiger charge is -2.24. The molecule has 0 saturated heterocycles. The number of hydrogen-bond acceptors (Lipinski definition) is 1. The predicted molar refractivity (Wildman–Crippen MR) is 35.4 cm³/mol. The van der Waals surface area contributed by atoms with Gasteiger partial charge in [0.15, 0.2) is 0 Å². The Morgan fingerprint density at radius 1 is 1.29 bits per heavy atom. The first-order valence-corrected chi connectivity index (χ1v) is 2.73. The van der Waals surface area contributed by atoms with Crippen LogP contribution < -0.4 is 0 Å². The smallest absolute Gasteiger partial charge is 0.0712 e. The Hall–Kier alpha value is 0.310. The van der Waals surface area contributed by atoms with Gasteiger partial charge in [-0.1, -0.05) is 12.6 Å². The molecule has 0 unspecified atom stereocenters. The van der Waals surface area contributed by atoms with Crippen LogP contribution in [-0.2, 0) is 0 Å². The first kappa shape index (κ1) is 7.31. The molecule has 0 spiro atoms. The maximum absolute atomic E-state index is 5.03. The van der Waals surface area contributed by atoms with E-state index in [2.05, 4.69) is 0 Å². The Morgan fingerprint density at radius 3 is 1.43 bits per heavy atom. The van der Waals surface area contributed by atoms with Crippen molar-refractivity contribution < 1.29 is 0 Å². The molecular formula is C5H12NS. The highest BCUT2D eigenvalue weighted by molar-refractivity contribution is 7.81. The molecule has 0 rings (SSSR count). The van der Waals surface area contributed by atoms with E-state index in [4.69, 9.17) is 12.6 Å². The summed E-state index contributed by atoms with van der Waals surface area (Å²) in [6.45, 7) is 4.00. The van der Waals surface area contributed by atoms with Gasteiger partial charge in [-0.25, -0.2) is 0 Å². The van der Waals surface area contributed by atoms with Crippen LogP contribution in [0, 0.1) is 0 Å². The SMILES string of the molecule is CN(C)C(C)(C)[S]. The lowest BCUT2D eigenvalue weighted by molar-refractivity contribution is 0.302. The molecule has 0 aliphatic carbocycles. The highest BCUT2D eigenvalue weighted by Gasteiger charge is 2.13. The molecular weight excluding hydrogens is 106 g/mol. The second-order valence-electron chi connectivity index (χ2n) is 2.34. The Kier molecular flexibility index (Phi) is 2.14. The van der Waals surface area contributed by atoms with Crippen LogP contribution >= 0.6 is 12.6 Å². The van der Waals surface area contributed by atoms with Gasteiger partial charge in [-0.15, -0.1) is 0 Å². The fourth-order valence-electron chi connectivity index (χ4n) is 0. The molecule has 0 aromatic heterocycles. The number of rotatable bonds is 1. The largest absolute Gasteiger partial charge is 0.295 e. The van der Waals surface area contributed by atoms with Crippen LogP contribution in [0.5, 0.6) is 0 Å². The van der Waals surface area contributed by atoms with Crippen molar-refractivity contribution >= 4 is 12.6 Å². The van der Waals surface area contributed by atoms with Crippen molar-refractivity contribution in [2.45, 2.75) is 18.7 Å². The van der Waals surface area contributed by atoms with Crippen molar-refractivity contribution in [2.75, 3.05) is 14.1 Å². The van der Waals surface area contributed by atoms with E-state index in [9.17, 15) is 0 Å². The maximum Gasteiger partial charge on any atom is 0.0712 e. The van der Waals surface area contributed by atoms with E-state index in [1.54, 1.807) is 0 Å². The molecule has 7 heavy (non-hydrogen) atoms. The van der Waals surface area contributed by atoms with Gasteiger partial charge in [0.25, 0.3) is 0 Å². The third-order valence-electron chi connectivity index (χ3n) is 1.08. The lowest BCUT2D eigenvalue weighted by atomic mass is 10.4. The van der Waals surface area contributed by atoms with Gasteiger partial charge < -0.3 is 0 Å². The molecule has 43 valence electrons. The Morgan fingerprint density at radius 2 is 1.43 bits per heavy atom. The van der Waals surface area contributed by atoms with Crippen LogP contribution in [0.4, 0.5) is 0 Å². The molecule has 0 aliphatic rings. The predicted octanol–water partition coefficient (Wildman–Crippen LogP) is 1.48. The summed E-state index contributed by atoms with van der Waals surface area (Å²) >= 11 is 5.03. The second kappa shape index (κ2) is 2.05. The molecule has 0 aliphatic heterocycles. The van der Waals surface area contributed by atoms with E-state index in [0.29, 0.717) is 0 Å². The van der Waals surface area contributed by atoms with Crippen molar-refractivity contribution in [2.24, 2.45) is 0 Å². The quantitative estimate of drug-likeness (QED) is 0.504. The minimum absolute atomic E-state index is 0.0833. The van der Waals surface area contributed by atoms with Gasteiger partial charge in [-0.2, -0.15) is 0 Å². The van der Waals surface area contributed by atoms with Crippen LogP contribution in [-0.4, -0.2) is 23.9 Å². The molecule has 0 fully saturated rings. The minimum atomic E-state index is -0.0833. The summed E-state index contributed by atoms with van der Waals surface area (Å²) < 4.78 is 0. The van der Waals surface area contributed by atoms with Crippen LogP contribution in [0.2, 0.25) is 0 Å². The third kappa shape index (κ3) is 2.94. The monoisotopic (exact) mass is 118 g/mol. The molecule has 1 radical (unpaired) electrons. The zero-order valence-electron chi connectivity index (χ0n) is 5.36. The van der Waals surface area contributed by atoms with Crippen molar-refractivity contribution in [1.29, 1.82) is 0 Å². The Bertz CT molecular complexity index is 53.6. The van der Waals surface area contributed by atoms with E-state index in [-0.39, 0.29) is 4.87 Å². The minimum Gasteiger partial charge on any atom is -0.295 e. The van der Waals surface area contributed by atoms with Gasteiger partial charge in [-0.05, 0) is 27.9 Å². The van der Waals surface area contributed by atoms with Crippen molar-refractivity contribution in [1.82, 2.24) is 4.90 Å². The fourth-order valence-corrected chi connectivity index (χ4v) is 0. The number of nitrogens with zero attached hydrogens (tertiary/aromatic N) is 1. The molecule has 2 heteroatoms. The van der Waals surface area contributed by atoms with E-state index in [1.807, 2.05) is 32.8 Å². The topological polar surface area (TPSA) is 3.24 Å². The molecule has 0 heterocycles. The molecule has 1 nitrogen and oxygen atoms in total. The third-order valence-corrected chi connectivity index (χ3v) is 1.44. The van der Waals surface area contributed by atoms with E-state index in [1.165, 1.54) is 0 Å². The van der Waals surface area contributed by atoms with E-state index in [0.717, 1.165) is 0 Å². The summed E-state index contributed by atoms with van der Waals surface area (Å²) in [7, 11) is 3.96. The van der Waals surface area contributed by atoms with Gasteiger partial charge >= 0.3 is 0 Å². The van der Waals surface area contributed by atoms with Crippen molar-refractivity contribution in [3.63, 3.8) is 0 Å². The standard InChI is InChI=1S/C5H12NS/c1-5(2,7)6(3)4/h1-4H3. The average molecular weight is 118 g/mol. The first-order chi connectivity index (χ1) is 2.94. The normalized spacial score (nSPS) is 12.9. The van der Waals surface area contributed by atoms with Gasteiger partial charge in [-0.3, -0.25) is 4.90 Å². The summed E-state index contributed by atoms with van der Waals surface area (Å²) in [6.07, 6.45) is 0. The van der Waals surface area contributed by atoms with Gasteiger partial charge in [0, 0.05) is 0 Å². The van der Waals surface area contributed by atoms with Crippen molar-refractivity contribution in [3.05, 3.63) is 0 Å². The zero-order valence-corrected chi connectivity index (χ0v) is 6.17. The van der Waals surface area contributed by atoms with Gasteiger partial charge in [0.2, 0.25) is 0 Å². The van der Waals surface area contributed by atoms with E-state index < -0.39 is 0 Å². The maximum atomic E-state index is 5.03. The molecule has 0 N–H and O–H groups in total. The van der Waals surface area contributed by atoms with Gasteiger partial charge in [0.1, 0.15) is 0 Å². The molecule has 0 bridgehead atoms. The summed E-state index contributed by atoms with van der Waals surface area (Å²) in [5.74, 6) is 0.